The number of rotatable bonds is 6. The van der Waals surface area contributed by atoms with Crippen LogP contribution in [0.2, 0.25) is 0 Å². The molecule has 0 radical (unpaired) electrons. The summed E-state index contributed by atoms with van der Waals surface area (Å²) in [6, 6.07) is 0. The van der Waals surface area contributed by atoms with Gasteiger partial charge in [0.15, 0.2) is 0 Å². The number of methoxy groups -OCH3 is 1. The molecular formula is C11H20INO2. The van der Waals surface area contributed by atoms with E-state index in [1.807, 2.05) is 4.90 Å². The molecule has 0 aromatic heterocycles. The lowest BCUT2D eigenvalue weighted by atomic mass is 10.0. The third-order valence-corrected chi connectivity index (χ3v) is 3.92. The van der Waals surface area contributed by atoms with Gasteiger partial charge in [-0.25, -0.2) is 0 Å². The van der Waals surface area contributed by atoms with Crippen LogP contribution in [0.5, 0.6) is 0 Å². The molecule has 1 saturated heterocycles. The molecule has 0 aliphatic carbocycles. The van der Waals surface area contributed by atoms with Crippen LogP contribution in [0.25, 0.3) is 0 Å². The highest BCUT2D eigenvalue weighted by atomic mass is 127. The predicted molar refractivity (Wildman–Crippen MR) is 69.3 cm³/mol. The summed E-state index contributed by atoms with van der Waals surface area (Å²) in [5.74, 6) is 0.567. The normalized spacial score (nSPS) is 18.1. The maximum Gasteiger partial charge on any atom is 0.226 e. The van der Waals surface area contributed by atoms with Crippen LogP contribution in [-0.4, -0.2) is 42.0 Å². The van der Waals surface area contributed by atoms with E-state index in [1.54, 1.807) is 7.11 Å². The van der Waals surface area contributed by atoms with Crippen molar-refractivity contribution in [2.45, 2.75) is 25.7 Å². The van der Waals surface area contributed by atoms with Gasteiger partial charge in [-0.2, -0.15) is 0 Å². The van der Waals surface area contributed by atoms with E-state index in [0.29, 0.717) is 5.91 Å². The van der Waals surface area contributed by atoms with Gasteiger partial charge in [-0.15, -0.1) is 0 Å². The highest BCUT2D eigenvalue weighted by Crippen LogP contribution is 2.17. The van der Waals surface area contributed by atoms with Gasteiger partial charge in [0.05, 0.1) is 0 Å². The Hall–Kier alpha value is 0.160. The largest absolute Gasteiger partial charge is 0.385 e. The lowest BCUT2D eigenvalue weighted by Gasteiger charge is -2.21. The SMILES string of the molecule is COCCCC(CI)C(=O)N1CCCC1. The number of halogens is 1. The highest BCUT2D eigenvalue weighted by Gasteiger charge is 2.24. The minimum Gasteiger partial charge on any atom is -0.385 e. The predicted octanol–water partition coefficient (Wildman–Crippen LogP) is 2.09. The van der Waals surface area contributed by atoms with Gasteiger partial charge in [0, 0.05) is 37.2 Å². The van der Waals surface area contributed by atoms with Gasteiger partial charge in [0.2, 0.25) is 5.91 Å². The summed E-state index contributed by atoms with van der Waals surface area (Å²) in [5.41, 5.74) is 0. The first kappa shape index (κ1) is 13.2. The molecule has 1 fully saturated rings. The zero-order chi connectivity index (χ0) is 11.1. The molecule has 0 spiro atoms. The van der Waals surface area contributed by atoms with Crippen LogP contribution in [0.4, 0.5) is 0 Å². The highest BCUT2D eigenvalue weighted by molar-refractivity contribution is 14.1. The summed E-state index contributed by atoms with van der Waals surface area (Å²) in [5, 5.41) is 0. The molecule has 3 nitrogen and oxygen atoms in total. The Bertz CT molecular complexity index is 193. The number of hydrogen-bond donors (Lipinski definition) is 0. The molecular weight excluding hydrogens is 305 g/mol. The van der Waals surface area contributed by atoms with Gasteiger partial charge in [-0.05, 0) is 25.7 Å². The molecule has 1 aliphatic rings. The van der Waals surface area contributed by atoms with Crippen LogP contribution in [0.3, 0.4) is 0 Å². The maximum absolute atomic E-state index is 12.1. The number of ether oxygens (including phenoxy) is 1. The van der Waals surface area contributed by atoms with Gasteiger partial charge in [-0.3, -0.25) is 4.79 Å². The van der Waals surface area contributed by atoms with E-state index in [1.165, 1.54) is 12.8 Å². The van der Waals surface area contributed by atoms with Crippen LogP contribution in [-0.2, 0) is 9.53 Å². The summed E-state index contributed by atoms with van der Waals surface area (Å²) >= 11 is 2.31. The number of hydrogen-bond acceptors (Lipinski definition) is 2. The number of alkyl halides is 1. The van der Waals surface area contributed by atoms with E-state index < -0.39 is 0 Å². The zero-order valence-corrected chi connectivity index (χ0v) is 11.5. The van der Waals surface area contributed by atoms with Crippen LogP contribution < -0.4 is 0 Å². The average Bonchev–Trinajstić information content (AvgIpc) is 2.77. The van der Waals surface area contributed by atoms with Gasteiger partial charge in [-0.1, -0.05) is 22.6 Å². The first-order valence-electron chi connectivity index (χ1n) is 5.63. The Balaban J connectivity index is 2.32. The summed E-state index contributed by atoms with van der Waals surface area (Å²) in [6.07, 6.45) is 4.31. The van der Waals surface area contributed by atoms with Crippen LogP contribution >= 0.6 is 22.6 Å². The van der Waals surface area contributed by atoms with Crippen molar-refractivity contribution in [3.05, 3.63) is 0 Å². The van der Waals surface area contributed by atoms with Gasteiger partial charge >= 0.3 is 0 Å². The van der Waals surface area contributed by atoms with Crippen molar-refractivity contribution in [2.24, 2.45) is 5.92 Å². The number of likely N-dealkylation sites (tertiary alicyclic amines) is 1. The number of carbonyl (C=O) groups is 1. The molecule has 1 atom stereocenters. The molecule has 0 aromatic rings. The molecule has 0 N–H and O–H groups in total. The lowest BCUT2D eigenvalue weighted by Crippen LogP contribution is -2.34. The Labute approximate surface area is 106 Å². The van der Waals surface area contributed by atoms with Crippen LogP contribution in [0.15, 0.2) is 0 Å². The van der Waals surface area contributed by atoms with Gasteiger partial charge < -0.3 is 9.64 Å². The maximum atomic E-state index is 12.1. The Morgan fingerprint density at radius 1 is 1.47 bits per heavy atom. The van der Waals surface area contributed by atoms with E-state index in [0.717, 1.165) is 37.0 Å². The molecule has 1 aliphatic heterocycles. The van der Waals surface area contributed by atoms with Crippen molar-refractivity contribution in [3.8, 4) is 0 Å². The van der Waals surface area contributed by atoms with E-state index in [9.17, 15) is 4.79 Å². The minimum absolute atomic E-state index is 0.207. The van der Waals surface area contributed by atoms with Gasteiger partial charge in [0.25, 0.3) is 0 Å². The molecule has 0 aromatic carbocycles. The topological polar surface area (TPSA) is 29.5 Å². The third kappa shape index (κ3) is 4.26. The second kappa shape index (κ2) is 7.44. The van der Waals surface area contributed by atoms with Crippen molar-refractivity contribution in [3.63, 3.8) is 0 Å². The Morgan fingerprint density at radius 2 is 2.13 bits per heavy atom. The van der Waals surface area contributed by atoms with Crippen molar-refractivity contribution < 1.29 is 9.53 Å². The molecule has 1 heterocycles. The van der Waals surface area contributed by atoms with Gasteiger partial charge in [0.1, 0.15) is 0 Å². The van der Waals surface area contributed by atoms with Crippen molar-refractivity contribution in [1.29, 1.82) is 0 Å². The molecule has 88 valence electrons. The first-order valence-corrected chi connectivity index (χ1v) is 7.16. The standard InChI is InChI=1S/C11H20INO2/c1-15-8-4-5-10(9-12)11(14)13-6-2-3-7-13/h10H,2-9H2,1H3. The summed E-state index contributed by atoms with van der Waals surface area (Å²) in [6.45, 7) is 2.70. The summed E-state index contributed by atoms with van der Waals surface area (Å²) < 4.78 is 5.94. The fourth-order valence-corrected chi connectivity index (χ4v) is 2.75. The molecule has 15 heavy (non-hydrogen) atoms. The molecule has 1 amide bonds. The molecule has 4 heteroatoms. The number of carbonyl (C=O) groups excluding carboxylic acids is 1. The fraction of sp³-hybridized carbons (Fsp3) is 0.909. The van der Waals surface area contributed by atoms with Crippen molar-refractivity contribution in [1.82, 2.24) is 4.90 Å². The molecule has 1 rings (SSSR count). The number of nitrogens with zero attached hydrogens (tertiary/aromatic N) is 1. The van der Waals surface area contributed by atoms with E-state index in [-0.39, 0.29) is 5.92 Å². The minimum atomic E-state index is 0.207. The second-order valence-electron chi connectivity index (χ2n) is 4.02. The monoisotopic (exact) mass is 325 g/mol. The fourth-order valence-electron chi connectivity index (χ4n) is 1.94. The quantitative estimate of drug-likeness (QED) is 0.425. The molecule has 0 saturated carbocycles. The number of amides is 1. The molecule has 1 unspecified atom stereocenters. The van der Waals surface area contributed by atoms with Crippen molar-refractivity contribution in [2.75, 3.05) is 31.2 Å². The second-order valence-corrected chi connectivity index (χ2v) is 4.90. The van der Waals surface area contributed by atoms with E-state index in [2.05, 4.69) is 22.6 Å². The smallest absolute Gasteiger partial charge is 0.226 e. The first-order chi connectivity index (χ1) is 7.29. The van der Waals surface area contributed by atoms with E-state index in [4.69, 9.17) is 4.74 Å². The summed E-state index contributed by atoms with van der Waals surface area (Å²) in [4.78, 5) is 14.1. The van der Waals surface area contributed by atoms with E-state index >= 15 is 0 Å². The van der Waals surface area contributed by atoms with Crippen LogP contribution in [0, 0.1) is 5.92 Å². The van der Waals surface area contributed by atoms with Crippen molar-refractivity contribution >= 4 is 28.5 Å². The molecule has 0 bridgehead atoms. The Kier molecular flexibility index (Phi) is 6.56. The Morgan fingerprint density at radius 3 is 2.67 bits per heavy atom. The summed E-state index contributed by atoms with van der Waals surface area (Å²) in [7, 11) is 1.71. The zero-order valence-electron chi connectivity index (χ0n) is 9.38. The third-order valence-electron chi connectivity index (χ3n) is 2.85. The average molecular weight is 325 g/mol. The lowest BCUT2D eigenvalue weighted by molar-refractivity contribution is -0.133. The van der Waals surface area contributed by atoms with Crippen LogP contribution in [0.1, 0.15) is 25.7 Å².